The van der Waals surface area contributed by atoms with Gasteiger partial charge >= 0.3 is 6.03 Å². The Hall–Kier alpha value is -2.11. The summed E-state index contributed by atoms with van der Waals surface area (Å²) in [6, 6.07) is 13.1. The fourth-order valence-electron chi connectivity index (χ4n) is 2.88. The van der Waals surface area contributed by atoms with Crippen LogP contribution < -0.4 is 15.0 Å². The summed E-state index contributed by atoms with van der Waals surface area (Å²) in [5.74, 6) is 0.868. The number of ether oxygens (including phenoxy) is 1. The minimum Gasteiger partial charge on any atom is -0.494 e. The molecule has 1 aliphatic heterocycles. The van der Waals surface area contributed by atoms with Gasteiger partial charge in [-0.3, -0.25) is 0 Å². The molecule has 2 aromatic rings. The molecule has 2 amide bonds. The first kappa shape index (κ1) is 18.7. The van der Waals surface area contributed by atoms with E-state index in [2.05, 4.69) is 10.2 Å². The molecule has 138 valence electrons. The molecule has 0 radical (unpaired) electrons. The van der Waals surface area contributed by atoms with Crippen LogP contribution in [-0.4, -0.2) is 43.7 Å². The standard InChI is InChI=1S/C19H21Cl2N3O2/c1-2-26-15-8-6-14(7-9-15)23-10-12-24(13-11-23)19(25)22-17-5-3-4-16(20)18(17)21/h3-9H,2,10-13H2,1H3,(H,22,25). The molecule has 1 heterocycles. The fourth-order valence-corrected chi connectivity index (χ4v) is 3.23. The van der Waals surface area contributed by atoms with E-state index in [1.807, 2.05) is 31.2 Å². The van der Waals surface area contributed by atoms with E-state index in [-0.39, 0.29) is 6.03 Å². The van der Waals surface area contributed by atoms with Crippen molar-refractivity contribution < 1.29 is 9.53 Å². The minimum absolute atomic E-state index is 0.166. The van der Waals surface area contributed by atoms with E-state index in [1.165, 1.54) is 0 Å². The van der Waals surface area contributed by atoms with Gasteiger partial charge in [0.1, 0.15) is 5.75 Å². The van der Waals surface area contributed by atoms with Gasteiger partial charge in [-0.15, -0.1) is 0 Å². The van der Waals surface area contributed by atoms with Gasteiger partial charge < -0.3 is 19.9 Å². The van der Waals surface area contributed by atoms with E-state index >= 15 is 0 Å². The van der Waals surface area contributed by atoms with Crippen molar-refractivity contribution in [1.29, 1.82) is 0 Å². The summed E-state index contributed by atoms with van der Waals surface area (Å²) in [7, 11) is 0. The molecule has 5 nitrogen and oxygen atoms in total. The topological polar surface area (TPSA) is 44.8 Å². The highest BCUT2D eigenvalue weighted by molar-refractivity contribution is 6.43. The second-order valence-electron chi connectivity index (χ2n) is 5.93. The maximum absolute atomic E-state index is 12.5. The Kier molecular flexibility index (Phi) is 6.12. The second-order valence-corrected chi connectivity index (χ2v) is 6.72. The SMILES string of the molecule is CCOc1ccc(N2CCN(C(=O)Nc3cccc(Cl)c3Cl)CC2)cc1. The Morgan fingerprint density at radius 2 is 1.77 bits per heavy atom. The van der Waals surface area contributed by atoms with Crippen molar-refractivity contribution in [1.82, 2.24) is 4.90 Å². The van der Waals surface area contributed by atoms with Crippen LogP contribution in [0.3, 0.4) is 0 Å². The number of rotatable bonds is 4. The Morgan fingerprint density at radius 3 is 2.42 bits per heavy atom. The van der Waals surface area contributed by atoms with E-state index in [0.29, 0.717) is 35.4 Å². The monoisotopic (exact) mass is 393 g/mol. The number of halogens is 2. The molecule has 0 unspecified atom stereocenters. The summed E-state index contributed by atoms with van der Waals surface area (Å²) >= 11 is 12.1. The molecule has 7 heteroatoms. The van der Waals surface area contributed by atoms with E-state index < -0.39 is 0 Å². The van der Waals surface area contributed by atoms with Gasteiger partial charge in [0.2, 0.25) is 0 Å². The van der Waals surface area contributed by atoms with Gasteiger partial charge in [0.15, 0.2) is 0 Å². The van der Waals surface area contributed by atoms with Gasteiger partial charge in [-0.2, -0.15) is 0 Å². The Balaban J connectivity index is 1.56. The van der Waals surface area contributed by atoms with Gasteiger partial charge in [0.05, 0.1) is 22.3 Å². The summed E-state index contributed by atoms with van der Waals surface area (Å²) in [6.07, 6.45) is 0. The molecule has 1 N–H and O–H groups in total. The summed E-state index contributed by atoms with van der Waals surface area (Å²) in [6.45, 7) is 5.43. The second kappa shape index (κ2) is 8.52. The molecule has 0 aliphatic carbocycles. The maximum atomic E-state index is 12.5. The molecular weight excluding hydrogens is 373 g/mol. The van der Waals surface area contributed by atoms with Crippen LogP contribution in [0, 0.1) is 0 Å². The number of nitrogens with one attached hydrogen (secondary N) is 1. The molecule has 3 rings (SSSR count). The van der Waals surface area contributed by atoms with Crippen LogP contribution in [0.25, 0.3) is 0 Å². The lowest BCUT2D eigenvalue weighted by Crippen LogP contribution is -2.50. The molecule has 0 bridgehead atoms. The zero-order valence-electron chi connectivity index (χ0n) is 14.5. The largest absolute Gasteiger partial charge is 0.494 e. The molecular formula is C19H21Cl2N3O2. The van der Waals surface area contributed by atoms with Crippen molar-refractivity contribution in [3.8, 4) is 5.75 Å². The number of piperazine rings is 1. The summed E-state index contributed by atoms with van der Waals surface area (Å²) in [5, 5.41) is 3.61. The highest BCUT2D eigenvalue weighted by Crippen LogP contribution is 2.30. The lowest BCUT2D eigenvalue weighted by atomic mass is 10.2. The third kappa shape index (κ3) is 4.34. The van der Waals surface area contributed by atoms with Crippen LogP contribution in [-0.2, 0) is 0 Å². The highest BCUT2D eigenvalue weighted by Gasteiger charge is 2.22. The quantitative estimate of drug-likeness (QED) is 0.814. The summed E-state index contributed by atoms with van der Waals surface area (Å²) < 4.78 is 5.47. The van der Waals surface area contributed by atoms with Gasteiger partial charge in [0, 0.05) is 31.9 Å². The molecule has 0 spiro atoms. The van der Waals surface area contributed by atoms with Gasteiger partial charge in [-0.25, -0.2) is 4.79 Å². The number of amides is 2. The molecule has 0 atom stereocenters. The third-order valence-electron chi connectivity index (χ3n) is 4.27. The van der Waals surface area contributed by atoms with Gasteiger partial charge in [0.25, 0.3) is 0 Å². The molecule has 1 aliphatic rings. The predicted octanol–water partition coefficient (Wildman–Crippen LogP) is 4.75. The number of urea groups is 1. The van der Waals surface area contributed by atoms with Crippen LogP contribution >= 0.6 is 23.2 Å². The number of benzene rings is 2. The molecule has 0 aromatic heterocycles. The van der Waals surface area contributed by atoms with Crippen LogP contribution in [0.5, 0.6) is 5.75 Å². The molecule has 0 saturated carbocycles. The highest BCUT2D eigenvalue weighted by atomic mass is 35.5. The maximum Gasteiger partial charge on any atom is 0.322 e. The Labute approximate surface area is 163 Å². The number of anilines is 2. The lowest BCUT2D eigenvalue weighted by Gasteiger charge is -2.36. The van der Waals surface area contributed by atoms with Crippen LogP contribution in [0.4, 0.5) is 16.2 Å². The molecule has 26 heavy (non-hydrogen) atoms. The fraction of sp³-hybridized carbons (Fsp3) is 0.316. The average molecular weight is 394 g/mol. The first-order valence-electron chi connectivity index (χ1n) is 8.56. The summed E-state index contributed by atoms with van der Waals surface area (Å²) in [5.41, 5.74) is 1.66. The Morgan fingerprint density at radius 1 is 1.08 bits per heavy atom. The van der Waals surface area contributed by atoms with Crippen molar-refractivity contribution in [2.75, 3.05) is 43.0 Å². The average Bonchev–Trinajstić information content (AvgIpc) is 2.66. The van der Waals surface area contributed by atoms with Crippen molar-refractivity contribution >= 4 is 40.6 Å². The molecule has 1 fully saturated rings. The van der Waals surface area contributed by atoms with E-state index in [4.69, 9.17) is 27.9 Å². The number of nitrogens with zero attached hydrogens (tertiary/aromatic N) is 2. The minimum atomic E-state index is -0.166. The first-order valence-corrected chi connectivity index (χ1v) is 9.32. The van der Waals surface area contributed by atoms with Crippen LogP contribution in [0.1, 0.15) is 6.92 Å². The molecule has 1 saturated heterocycles. The van der Waals surface area contributed by atoms with Crippen molar-refractivity contribution in [3.05, 3.63) is 52.5 Å². The van der Waals surface area contributed by atoms with Gasteiger partial charge in [-0.05, 0) is 43.3 Å². The third-order valence-corrected chi connectivity index (χ3v) is 5.09. The molecule has 2 aromatic carbocycles. The van der Waals surface area contributed by atoms with Crippen LogP contribution in [0.15, 0.2) is 42.5 Å². The van der Waals surface area contributed by atoms with Crippen molar-refractivity contribution in [2.24, 2.45) is 0 Å². The first-order chi connectivity index (χ1) is 12.6. The zero-order valence-corrected chi connectivity index (χ0v) is 16.1. The Bertz CT molecular complexity index is 760. The normalized spacial score (nSPS) is 14.3. The van der Waals surface area contributed by atoms with Gasteiger partial charge in [-0.1, -0.05) is 29.3 Å². The van der Waals surface area contributed by atoms with E-state index in [1.54, 1.807) is 23.1 Å². The van der Waals surface area contributed by atoms with Crippen molar-refractivity contribution in [2.45, 2.75) is 6.92 Å². The lowest BCUT2D eigenvalue weighted by molar-refractivity contribution is 0.208. The number of hydrogen-bond donors (Lipinski definition) is 1. The number of carbonyl (C=O) groups is 1. The van der Waals surface area contributed by atoms with Crippen LogP contribution in [0.2, 0.25) is 10.0 Å². The predicted molar refractivity (Wildman–Crippen MR) is 107 cm³/mol. The van der Waals surface area contributed by atoms with Crippen molar-refractivity contribution in [3.63, 3.8) is 0 Å². The van der Waals surface area contributed by atoms with E-state index in [0.717, 1.165) is 24.5 Å². The summed E-state index contributed by atoms with van der Waals surface area (Å²) in [4.78, 5) is 16.5. The smallest absolute Gasteiger partial charge is 0.322 e. The number of hydrogen-bond acceptors (Lipinski definition) is 3. The zero-order chi connectivity index (χ0) is 18.5. The van der Waals surface area contributed by atoms with E-state index in [9.17, 15) is 4.79 Å². The number of carbonyl (C=O) groups excluding carboxylic acids is 1.